The summed E-state index contributed by atoms with van der Waals surface area (Å²) in [6, 6.07) is 5.48. The van der Waals surface area contributed by atoms with Crippen LogP contribution in [0.15, 0.2) is 26.6 Å². The summed E-state index contributed by atoms with van der Waals surface area (Å²) < 4.78 is 4.95. The molecule has 9 nitrogen and oxygen atoms in total. The van der Waals surface area contributed by atoms with E-state index in [1.807, 2.05) is 101 Å². The van der Waals surface area contributed by atoms with E-state index in [1.165, 1.54) is 5.12 Å². The molecule has 0 aromatic heterocycles. The van der Waals surface area contributed by atoms with Crippen LogP contribution in [0.5, 0.6) is 34.5 Å². The van der Waals surface area contributed by atoms with Gasteiger partial charge in [0.15, 0.2) is 0 Å². The van der Waals surface area contributed by atoms with Gasteiger partial charge in [-0.3, -0.25) is 0 Å². The zero-order valence-electron chi connectivity index (χ0n) is 32.8. The first-order valence-electron chi connectivity index (χ1n) is 18.1. The standard InChI is InChI=1S/C39H52N3O6.2CH3.Zr/c1-17(2)23-13-24(18(3)4)35(44)31(34(23)43)29-16-30(32-36(45)25(19(5)6)14-26(20(7)8)37(32)46)41-42(40-29)33-38(47)27(21(9)10)15-28(22(11)12)39(33)48;;;/h13-15,17-22,40,43-48H,1-12H3;2*1H3;. The van der Waals surface area contributed by atoms with Gasteiger partial charge in [-0.1, -0.05) is 0 Å². The van der Waals surface area contributed by atoms with Gasteiger partial charge in [0.1, 0.15) is 0 Å². The van der Waals surface area contributed by atoms with Crippen molar-refractivity contribution in [2.24, 2.45) is 5.10 Å². The quantitative estimate of drug-likeness (QED) is 0.108. The van der Waals surface area contributed by atoms with E-state index < -0.39 is 21.8 Å². The molecule has 1 heterocycles. The van der Waals surface area contributed by atoms with Crippen molar-refractivity contribution in [1.29, 1.82) is 0 Å². The van der Waals surface area contributed by atoms with Crippen molar-refractivity contribution in [1.82, 2.24) is 5.43 Å². The van der Waals surface area contributed by atoms with Gasteiger partial charge >= 0.3 is 313 Å². The van der Waals surface area contributed by atoms with Crippen molar-refractivity contribution >= 4 is 17.1 Å². The van der Waals surface area contributed by atoms with Gasteiger partial charge in [0.25, 0.3) is 0 Å². The molecular formula is C41H58N3O6Zr. The molecule has 0 spiro atoms. The van der Waals surface area contributed by atoms with Crippen LogP contribution in [-0.4, -0.2) is 36.4 Å². The van der Waals surface area contributed by atoms with Gasteiger partial charge in [-0.15, -0.1) is 0 Å². The summed E-state index contributed by atoms with van der Waals surface area (Å²) in [4.78, 5) is 0. The molecular weight excluding hydrogens is 722 g/mol. The molecule has 0 unspecified atom stereocenters. The summed E-state index contributed by atoms with van der Waals surface area (Å²) in [7, 11) is 0. The Bertz CT molecular complexity index is 1790. The number of rotatable bonds is 10. The molecule has 3 aromatic carbocycles. The van der Waals surface area contributed by atoms with Crippen LogP contribution in [0.4, 0.5) is 5.69 Å². The first-order valence-corrected chi connectivity index (χ1v) is 24.2. The fraction of sp³-hybridized carbons (Fsp3) is 0.488. The number of hydrazone groups is 1. The van der Waals surface area contributed by atoms with Crippen LogP contribution in [0.1, 0.15) is 163 Å². The fourth-order valence-corrected chi connectivity index (χ4v) is 10.1. The number of benzene rings is 3. The fourth-order valence-electron chi connectivity index (χ4n) is 6.81. The molecule has 7 N–H and O–H groups in total. The third-order valence-corrected chi connectivity index (χ3v) is 13.5. The van der Waals surface area contributed by atoms with E-state index in [0.717, 1.165) is 0 Å². The first kappa shape index (κ1) is 40.1. The second-order valence-corrected chi connectivity index (χ2v) is 22.1. The molecule has 0 aliphatic carbocycles. The predicted molar refractivity (Wildman–Crippen MR) is 205 cm³/mol. The molecule has 4 rings (SSSR count). The Morgan fingerprint density at radius 1 is 0.490 bits per heavy atom. The average Bonchev–Trinajstić information content (AvgIpc) is 3.00. The zero-order valence-corrected chi connectivity index (χ0v) is 35.2. The van der Waals surface area contributed by atoms with E-state index in [1.54, 1.807) is 0 Å². The van der Waals surface area contributed by atoms with Crippen molar-refractivity contribution in [2.75, 3.05) is 5.12 Å². The number of hydrazine groups is 1. The normalized spacial score (nSPS) is 13.8. The van der Waals surface area contributed by atoms with Crippen LogP contribution in [0.2, 0.25) is 9.26 Å². The number of nitrogens with one attached hydrogen (secondary N) is 1. The van der Waals surface area contributed by atoms with Crippen molar-refractivity contribution < 1.29 is 52.4 Å². The van der Waals surface area contributed by atoms with E-state index in [4.69, 9.17) is 5.10 Å². The van der Waals surface area contributed by atoms with E-state index in [-0.39, 0.29) is 92.5 Å². The van der Waals surface area contributed by atoms with Crippen molar-refractivity contribution in [3.8, 4) is 34.5 Å². The molecule has 0 radical (unpaired) electrons. The topological polar surface area (TPSA) is 149 Å². The maximum atomic E-state index is 12.0. The summed E-state index contributed by atoms with van der Waals surface area (Å²) in [6.07, 6.45) is 0. The number of allylic oxidation sites excluding steroid dienone is 1. The minimum atomic E-state index is -2.77. The van der Waals surface area contributed by atoms with Gasteiger partial charge in [-0.2, -0.15) is 0 Å². The Hall–Kier alpha value is -3.65. The molecule has 0 saturated heterocycles. The minimum absolute atomic E-state index is 0.0116. The summed E-state index contributed by atoms with van der Waals surface area (Å²) >= 11 is -2.77. The predicted octanol–water partition coefficient (Wildman–Crippen LogP) is 10.5. The number of hydrogen-bond donors (Lipinski definition) is 7. The van der Waals surface area contributed by atoms with E-state index in [9.17, 15) is 30.6 Å². The van der Waals surface area contributed by atoms with Gasteiger partial charge in [-0.05, 0) is 0 Å². The number of phenolic OH excluding ortho intramolecular Hbond substituents is 6. The Balaban J connectivity index is 2.32. The number of aromatic hydroxyl groups is 6. The molecule has 0 saturated carbocycles. The molecule has 0 fully saturated rings. The molecule has 277 valence electrons. The monoisotopic (exact) mass is 778 g/mol. The summed E-state index contributed by atoms with van der Waals surface area (Å²) in [5, 5.41) is 78.1. The summed E-state index contributed by atoms with van der Waals surface area (Å²) in [5.41, 5.74) is 8.01. The number of anilines is 1. The van der Waals surface area contributed by atoms with Gasteiger partial charge < -0.3 is 0 Å². The number of phenols is 6. The van der Waals surface area contributed by atoms with Gasteiger partial charge in [0.05, 0.1) is 0 Å². The van der Waals surface area contributed by atoms with Crippen LogP contribution in [0.25, 0.3) is 5.70 Å². The van der Waals surface area contributed by atoms with E-state index in [2.05, 4.69) is 14.7 Å². The van der Waals surface area contributed by atoms with Crippen molar-refractivity contribution in [2.45, 2.75) is 128 Å². The molecule has 0 amide bonds. The number of nitrogens with zero attached hydrogens (tertiary/aromatic N) is 2. The molecule has 0 bridgehead atoms. The molecule has 10 heteroatoms. The van der Waals surface area contributed by atoms with E-state index >= 15 is 0 Å². The van der Waals surface area contributed by atoms with Crippen LogP contribution in [-0.2, 0) is 21.8 Å². The Morgan fingerprint density at radius 3 is 1.08 bits per heavy atom. The first-order chi connectivity index (χ1) is 23.6. The third kappa shape index (κ3) is 7.22. The Kier molecular flexibility index (Phi) is 11.9. The molecule has 1 aliphatic rings. The molecule has 0 atom stereocenters. The number of hydrogen-bond acceptors (Lipinski definition) is 9. The SMILES string of the molecule is CC(C)c1cc(C(C)C)c(O)c(C2=NN(c3c(O)c(C(C)C)cc(C(C)C)c3O)NC(c3c(O)c(C(C)C)cc(C(C)C)c3O)=[C]2[Zr]([CH3])[CH3])c1O. The average molecular weight is 780 g/mol. The van der Waals surface area contributed by atoms with Crippen LogP contribution in [0, 0.1) is 0 Å². The van der Waals surface area contributed by atoms with Crippen LogP contribution < -0.4 is 10.5 Å². The Morgan fingerprint density at radius 2 is 0.784 bits per heavy atom. The van der Waals surface area contributed by atoms with Crippen LogP contribution in [0.3, 0.4) is 0 Å². The van der Waals surface area contributed by atoms with Crippen molar-refractivity contribution in [3.63, 3.8) is 0 Å². The second-order valence-electron chi connectivity index (χ2n) is 15.9. The molecule has 1 aliphatic heterocycles. The summed E-state index contributed by atoms with van der Waals surface area (Å²) in [6.45, 7) is 23.6. The van der Waals surface area contributed by atoms with E-state index in [0.29, 0.717) is 42.4 Å². The Labute approximate surface area is 312 Å². The second kappa shape index (κ2) is 15.1. The van der Waals surface area contributed by atoms with Gasteiger partial charge in [0.2, 0.25) is 0 Å². The third-order valence-electron chi connectivity index (χ3n) is 9.80. The summed E-state index contributed by atoms with van der Waals surface area (Å²) in [5.74, 6) is -1.39. The zero-order chi connectivity index (χ0) is 38.5. The van der Waals surface area contributed by atoms with Gasteiger partial charge in [-0.25, -0.2) is 0 Å². The van der Waals surface area contributed by atoms with Crippen molar-refractivity contribution in [3.05, 3.63) is 66.0 Å². The van der Waals surface area contributed by atoms with Gasteiger partial charge in [0, 0.05) is 0 Å². The maximum absolute atomic E-state index is 12.0. The molecule has 3 aromatic rings. The van der Waals surface area contributed by atoms with Crippen LogP contribution >= 0.6 is 0 Å². The molecule has 51 heavy (non-hydrogen) atoms.